The van der Waals surface area contributed by atoms with E-state index in [9.17, 15) is 0 Å². The van der Waals surface area contributed by atoms with E-state index in [4.69, 9.17) is 15.6 Å². The molecule has 0 bridgehead atoms. The van der Waals surface area contributed by atoms with Crippen molar-refractivity contribution in [1.29, 1.82) is 0 Å². The van der Waals surface area contributed by atoms with Gasteiger partial charge in [0.15, 0.2) is 0 Å². The smallest absolute Gasteiger partial charge is 0.143 e. The first kappa shape index (κ1) is 13.6. The summed E-state index contributed by atoms with van der Waals surface area (Å²) in [4.78, 5) is 0. The van der Waals surface area contributed by atoms with E-state index in [0.717, 1.165) is 12.1 Å². The fourth-order valence-corrected chi connectivity index (χ4v) is 1.71. The molecule has 0 saturated carbocycles. The van der Waals surface area contributed by atoms with Gasteiger partial charge in [-0.15, -0.1) is 0 Å². The predicted octanol–water partition coefficient (Wildman–Crippen LogP) is 2.24. The van der Waals surface area contributed by atoms with Gasteiger partial charge in [-0.2, -0.15) is 0 Å². The molecular weight excluding hydrogens is 216 g/mol. The van der Waals surface area contributed by atoms with Crippen LogP contribution in [-0.2, 0) is 0 Å². The molecule has 0 fully saturated rings. The summed E-state index contributed by atoms with van der Waals surface area (Å²) in [7, 11) is 1.60. The number of rotatable bonds is 6. The van der Waals surface area contributed by atoms with Gasteiger partial charge in [-0.1, -0.05) is 6.92 Å². The predicted molar refractivity (Wildman–Crippen MR) is 71.4 cm³/mol. The monoisotopic (exact) mass is 238 g/mol. The molecule has 0 aliphatic rings. The second-order valence-corrected chi connectivity index (χ2v) is 4.47. The fourth-order valence-electron chi connectivity index (χ4n) is 1.71. The number of nitrogens with two attached hydrogens (primary N) is 1. The van der Waals surface area contributed by atoms with Crippen LogP contribution in [0.15, 0.2) is 18.2 Å². The van der Waals surface area contributed by atoms with Crippen molar-refractivity contribution in [3.63, 3.8) is 0 Å². The number of benzene rings is 1. The van der Waals surface area contributed by atoms with Crippen LogP contribution in [0, 0.1) is 0 Å². The molecule has 0 aromatic heterocycles. The zero-order valence-electron chi connectivity index (χ0n) is 10.8. The van der Waals surface area contributed by atoms with Gasteiger partial charge >= 0.3 is 0 Å². The molecule has 1 aromatic carbocycles. The van der Waals surface area contributed by atoms with E-state index in [1.807, 2.05) is 18.2 Å². The van der Waals surface area contributed by atoms with Crippen molar-refractivity contribution in [1.82, 2.24) is 0 Å². The number of ether oxygens (including phenoxy) is 1. The first-order chi connectivity index (χ1) is 8.04. The number of aliphatic hydroxyl groups excluding tert-OH is 1. The number of anilines is 2. The molecule has 1 atom stereocenters. The number of methoxy groups -OCH3 is 1. The summed E-state index contributed by atoms with van der Waals surface area (Å²) < 4.78 is 5.18. The van der Waals surface area contributed by atoms with E-state index in [1.54, 1.807) is 7.11 Å². The van der Waals surface area contributed by atoms with Crippen molar-refractivity contribution in [3.05, 3.63) is 18.2 Å². The maximum atomic E-state index is 9.07. The molecular formula is C13H22N2O2. The lowest BCUT2D eigenvalue weighted by Crippen LogP contribution is -2.34. The van der Waals surface area contributed by atoms with Crippen LogP contribution in [0.5, 0.6) is 5.75 Å². The quantitative estimate of drug-likeness (QED) is 0.665. The van der Waals surface area contributed by atoms with E-state index in [1.165, 1.54) is 0 Å². The Hall–Kier alpha value is -1.42. The van der Waals surface area contributed by atoms with Gasteiger partial charge in [0, 0.05) is 23.9 Å². The van der Waals surface area contributed by atoms with Gasteiger partial charge < -0.3 is 20.9 Å². The number of hydrogen-bond donors (Lipinski definition) is 3. The van der Waals surface area contributed by atoms with Crippen molar-refractivity contribution in [2.24, 2.45) is 0 Å². The Kier molecular flexibility index (Phi) is 4.63. The highest BCUT2D eigenvalue weighted by Crippen LogP contribution is 2.28. The number of nitrogen functional groups attached to an aromatic ring is 1. The van der Waals surface area contributed by atoms with E-state index >= 15 is 0 Å². The maximum Gasteiger partial charge on any atom is 0.143 e. The minimum absolute atomic E-state index is 0.115. The zero-order valence-corrected chi connectivity index (χ0v) is 10.8. The first-order valence-electron chi connectivity index (χ1n) is 5.87. The molecule has 1 rings (SSSR count). The lowest BCUT2D eigenvalue weighted by Gasteiger charge is -2.30. The molecule has 0 spiro atoms. The van der Waals surface area contributed by atoms with Gasteiger partial charge in [0.2, 0.25) is 0 Å². The molecule has 0 aliphatic carbocycles. The van der Waals surface area contributed by atoms with Crippen LogP contribution < -0.4 is 15.8 Å². The van der Waals surface area contributed by atoms with E-state index in [0.29, 0.717) is 17.9 Å². The third-order valence-electron chi connectivity index (χ3n) is 3.12. The highest BCUT2D eigenvalue weighted by atomic mass is 16.5. The van der Waals surface area contributed by atoms with Crippen molar-refractivity contribution >= 4 is 11.4 Å². The molecule has 0 aliphatic heterocycles. The van der Waals surface area contributed by atoms with E-state index in [-0.39, 0.29) is 12.1 Å². The van der Waals surface area contributed by atoms with Crippen molar-refractivity contribution in [2.45, 2.75) is 32.2 Å². The zero-order chi connectivity index (χ0) is 12.9. The third-order valence-corrected chi connectivity index (χ3v) is 3.12. The summed E-state index contributed by atoms with van der Waals surface area (Å²) in [6.45, 7) is 4.35. The second-order valence-electron chi connectivity index (χ2n) is 4.47. The molecule has 0 amide bonds. The summed E-state index contributed by atoms with van der Waals surface area (Å²) in [5.41, 5.74) is 7.22. The minimum Gasteiger partial charge on any atom is -0.495 e. The van der Waals surface area contributed by atoms with Crippen LogP contribution in [0.25, 0.3) is 0 Å². The number of aliphatic hydroxyl groups is 1. The standard InChI is InChI=1S/C13H22N2O2/c1-4-13(2,7-8-16)15-10-5-6-11(14)12(9-10)17-3/h5-6,9,15-16H,4,7-8,14H2,1-3H3. The Labute approximate surface area is 103 Å². The Morgan fingerprint density at radius 1 is 1.47 bits per heavy atom. The van der Waals surface area contributed by atoms with Crippen molar-refractivity contribution in [2.75, 3.05) is 24.8 Å². The Balaban J connectivity index is 2.86. The Bertz CT molecular complexity index is 368. The van der Waals surface area contributed by atoms with Gasteiger partial charge in [0.1, 0.15) is 5.75 Å². The third kappa shape index (κ3) is 3.53. The van der Waals surface area contributed by atoms with Crippen LogP contribution in [0.3, 0.4) is 0 Å². The highest BCUT2D eigenvalue weighted by Gasteiger charge is 2.21. The van der Waals surface area contributed by atoms with E-state index in [2.05, 4.69) is 19.2 Å². The van der Waals surface area contributed by atoms with Gasteiger partial charge in [0.25, 0.3) is 0 Å². The lowest BCUT2D eigenvalue weighted by molar-refractivity contribution is 0.252. The second kappa shape index (κ2) is 5.77. The number of nitrogens with one attached hydrogen (secondary N) is 1. The molecule has 0 saturated heterocycles. The van der Waals surface area contributed by atoms with Gasteiger partial charge in [0.05, 0.1) is 12.8 Å². The molecule has 4 nitrogen and oxygen atoms in total. The Morgan fingerprint density at radius 3 is 2.71 bits per heavy atom. The SMILES string of the molecule is CCC(C)(CCO)Nc1ccc(N)c(OC)c1. The number of hydrogen-bond acceptors (Lipinski definition) is 4. The highest BCUT2D eigenvalue weighted by molar-refractivity contribution is 5.61. The summed E-state index contributed by atoms with van der Waals surface area (Å²) >= 11 is 0. The van der Waals surface area contributed by atoms with Crippen LogP contribution in [0.2, 0.25) is 0 Å². The van der Waals surface area contributed by atoms with Crippen molar-refractivity contribution < 1.29 is 9.84 Å². The average molecular weight is 238 g/mol. The molecule has 4 heteroatoms. The summed E-state index contributed by atoms with van der Waals surface area (Å²) in [5, 5.41) is 12.5. The van der Waals surface area contributed by atoms with Crippen LogP contribution in [0.1, 0.15) is 26.7 Å². The molecule has 0 radical (unpaired) electrons. The molecule has 17 heavy (non-hydrogen) atoms. The first-order valence-corrected chi connectivity index (χ1v) is 5.87. The molecule has 96 valence electrons. The minimum atomic E-state index is -0.115. The molecule has 1 aromatic rings. The maximum absolute atomic E-state index is 9.07. The summed E-state index contributed by atoms with van der Waals surface area (Å²) in [5.74, 6) is 0.664. The van der Waals surface area contributed by atoms with Crippen LogP contribution >= 0.6 is 0 Å². The van der Waals surface area contributed by atoms with Crippen LogP contribution in [-0.4, -0.2) is 24.4 Å². The van der Waals surface area contributed by atoms with Gasteiger partial charge in [-0.05, 0) is 31.9 Å². The topological polar surface area (TPSA) is 67.5 Å². The Morgan fingerprint density at radius 2 is 2.18 bits per heavy atom. The van der Waals surface area contributed by atoms with Gasteiger partial charge in [-0.25, -0.2) is 0 Å². The van der Waals surface area contributed by atoms with E-state index < -0.39 is 0 Å². The molecule has 0 heterocycles. The van der Waals surface area contributed by atoms with Gasteiger partial charge in [-0.3, -0.25) is 0 Å². The largest absolute Gasteiger partial charge is 0.495 e. The molecule has 4 N–H and O–H groups in total. The lowest BCUT2D eigenvalue weighted by atomic mass is 9.94. The molecule has 1 unspecified atom stereocenters. The average Bonchev–Trinajstić information content (AvgIpc) is 2.32. The summed E-state index contributed by atoms with van der Waals surface area (Å²) in [6.07, 6.45) is 1.64. The van der Waals surface area contributed by atoms with Crippen molar-refractivity contribution in [3.8, 4) is 5.75 Å². The summed E-state index contributed by atoms with van der Waals surface area (Å²) in [6, 6.07) is 5.61. The van der Waals surface area contributed by atoms with Crippen LogP contribution in [0.4, 0.5) is 11.4 Å². The fraction of sp³-hybridized carbons (Fsp3) is 0.538. The normalized spacial score (nSPS) is 14.1.